The normalized spacial score (nSPS) is 13.0. The number of carbonyl (C=O) groups is 1. The maximum atomic E-state index is 11.6. The number of carboxylic acid groups (broad SMARTS) is 1. The molecular weight excluding hydrogens is 378 g/mol. The summed E-state index contributed by atoms with van der Waals surface area (Å²) >= 11 is 0. The Hall–Kier alpha value is -3.05. The third-order valence-corrected chi connectivity index (χ3v) is 5.20. The molecule has 2 aromatic carbocycles. The Balaban J connectivity index is 1.60. The zero-order valence-corrected chi connectivity index (χ0v) is 17.5. The molecule has 30 heavy (non-hydrogen) atoms. The van der Waals surface area contributed by atoms with Gasteiger partial charge >= 0.3 is 5.97 Å². The molecule has 0 amide bonds. The Morgan fingerprint density at radius 2 is 1.73 bits per heavy atom. The molecule has 3 aromatic rings. The van der Waals surface area contributed by atoms with E-state index in [1.165, 1.54) is 5.56 Å². The Labute approximate surface area is 177 Å². The average Bonchev–Trinajstić information content (AvgIpc) is 3.24. The fourth-order valence-corrected chi connectivity index (χ4v) is 3.72. The highest BCUT2D eigenvalue weighted by molar-refractivity contribution is 5.73. The highest BCUT2D eigenvalue weighted by atomic mass is 16.5. The summed E-state index contributed by atoms with van der Waals surface area (Å²) in [6, 6.07) is 22.1. The fourth-order valence-electron chi connectivity index (χ4n) is 3.72. The van der Waals surface area contributed by atoms with Crippen LogP contribution in [0.15, 0.2) is 72.9 Å². The van der Waals surface area contributed by atoms with Crippen molar-refractivity contribution in [1.29, 1.82) is 0 Å². The number of aliphatic carboxylic acids is 1. The molecule has 0 aliphatic rings. The molecule has 0 aliphatic heterocycles. The molecule has 5 nitrogen and oxygen atoms in total. The molecule has 158 valence electrons. The van der Waals surface area contributed by atoms with Crippen molar-refractivity contribution in [3.8, 4) is 17.0 Å². The maximum absolute atomic E-state index is 11.6. The predicted octanol–water partition coefficient (Wildman–Crippen LogP) is 5.22. The third-order valence-electron chi connectivity index (χ3n) is 5.20. The second kappa shape index (κ2) is 10.6. The van der Waals surface area contributed by atoms with E-state index in [9.17, 15) is 9.90 Å². The van der Waals surface area contributed by atoms with Crippen LogP contribution >= 0.6 is 0 Å². The number of hydrogen-bond acceptors (Lipinski definition) is 3. The van der Waals surface area contributed by atoms with Crippen molar-refractivity contribution in [2.75, 3.05) is 13.2 Å². The van der Waals surface area contributed by atoms with Crippen molar-refractivity contribution in [1.82, 2.24) is 4.57 Å². The molecule has 0 fully saturated rings. The lowest BCUT2D eigenvalue weighted by molar-refractivity contribution is -0.151. The first-order valence-corrected chi connectivity index (χ1v) is 10.4. The molecule has 0 spiro atoms. The summed E-state index contributed by atoms with van der Waals surface area (Å²) in [6.07, 6.45) is 1.91. The highest BCUT2D eigenvalue weighted by Crippen LogP contribution is 2.28. The van der Waals surface area contributed by atoms with Crippen LogP contribution in [0.3, 0.4) is 0 Å². The van der Waals surface area contributed by atoms with Gasteiger partial charge in [0, 0.05) is 24.4 Å². The number of rotatable bonds is 11. The third kappa shape index (κ3) is 5.30. The maximum Gasteiger partial charge on any atom is 0.333 e. The molecule has 0 bridgehead atoms. The molecule has 1 heterocycles. The summed E-state index contributed by atoms with van der Waals surface area (Å²) < 4.78 is 13.6. The van der Waals surface area contributed by atoms with Gasteiger partial charge < -0.3 is 19.1 Å². The van der Waals surface area contributed by atoms with Gasteiger partial charge in [0.2, 0.25) is 0 Å². The van der Waals surface area contributed by atoms with Crippen LogP contribution in [0.5, 0.6) is 5.75 Å². The SMILES string of the molecule is CCOC(C(=O)O)C(CC)c1ccc(OCCn2cccc2-c2ccccc2)cc1. The van der Waals surface area contributed by atoms with E-state index in [1.54, 1.807) is 0 Å². The highest BCUT2D eigenvalue weighted by Gasteiger charge is 2.28. The van der Waals surface area contributed by atoms with E-state index in [1.807, 2.05) is 62.4 Å². The summed E-state index contributed by atoms with van der Waals surface area (Å²) in [5.41, 5.74) is 3.29. The second-order valence-corrected chi connectivity index (χ2v) is 7.10. The van der Waals surface area contributed by atoms with Crippen LogP contribution in [-0.2, 0) is 16.1 Å². The number of nitrogens with zero attached hydrogens (tertiary/aromatic N) is 1. The summed E-state index contributed by atoms with van der Waals surface area (Å²) in [6.45, 7) is 5.45. The Bertz CT molecular complexity index is 918. The van der Waals surface area contributed by atoms with Crippen molar-refractivity contribution in [2.24, 2.45) is 0 Å². The molecular formula is C25H29NO4. The second-order valence-electron chi connectivity index (χ2n) is 7.10. The first-order valence-electron chi connectivity index (χ1n) is 10.4. The number of aromatic nitrogens is 1. The van der Waals surface area contributed by atoms with Crippen molar-refractivity contribution in [2.45, 2.75) is 38.8 Å². The molecule has 2 unspecified atom stereocenters. The topological polar surface area (TPSA) is 60.7 Å². The molecule has 1 aromatic heterocycles. The zero-order valence-electron chi connectivity index (χ0n) is 17.5. The molecule has 1 N–H and O–H groups in total. The first-order chi connectivity index (χ1) is 14.6. The van der Waals surface area contributed by atoms with Gasteiger partial charge in [-0.2, -0.15) is 0 Å². The van der Waals surface area contributed by atoms with Gasteiger partial charge in [0.1, 0.15) is 12.4 Å². The molecule has 0 radical (unpaired) electrons. The minimum Gasteiger partial charge on any atom is -0.492 e. The van der Waals surface area contributed by atoms with Gasteiger partial charge in [0.15, 0.2) is 6.10 Å². The van der Waals surface area contributed by atoms with Crippen molar-refractivity contribution < 1.29 is 19.4 Å². The van der Waals surface area contributed by atoms with E-state index in [0.717, 1.165) is 23.6 Å². The van der Waals surface area contributed by atoms with E-state index >= 15 is 0 Å². The van der Waals surface area contributed by atoms with Crippen LogP contribution in [0.4, 0.5) is 0 Å². The minimum absolute atomic E-state index is 0.190. The molecule has 0 saturated carbocycles. The average molecular weight is 408 g/mol. The van der Waals surface area contributed by atoms with Gasteiger partial charge in [-0.25, -0.2) is 4.79 Å². The quantitative estimate of drug-likeness (QED) is 0.474. The Kier molecular flexibility index (Phi) is 7.69. The number of hydrogen-bond donors (Lipinski definition) is 1. The molecule has 0 aliphatic carbocycles. The standard InChI is InChI=1S/C25H29NO4/c1-3-22(24(25(27)28)29-4-2)19-12-14-21(15-13-19)30-18-17-26-16-8-11-23(26)20-9-6-5-7-10-20/h5-16,22,24H,3-4,17-18H2,1-2H3,(H,27,28). The predicted molar refractivity (Wildman–Crippen MR) is 118 cm³/mol. The monoisotopic (exact) mass is 407 g/mol. The first kappa shape index (κ1) is 21.7. The van der Waals surface area contributed by atoms with Crippen LogP contribution in [0.25, 0.3) is 11.3 Å². The summed E-state index contributed by atoms with van der Waals surface area (Å²) in [5.74, 6) is -0.347. The van der Waals surface area contributed by atoms with E-state index in [0.29, 0.717) is 19.6 Å². The lowest BCUT2D eigenvalue weighted by atomic mass is 9.91. The molecule has 2 atom stereocenters. The Morgan fingerprint density at radius 3 is 2.37 bits per heavy atom. The van der Waals surface area contributed by atoms with Gasteiger partial charge in [0.25, 0.3) is 0 Å². The number of carboxylic acids is 1. The van der Waals surface area contributed by atoms with Gasteiger partial charge in [-0.3, -0.25) is 0 Å². The Morgan fingerprint density at radius 1 is 1.00 bits per heavy atom. The minimum atomic E-state index is -0.926. The van der Waals surface area contributed by atoms with Crippen molar-refractivity contribution in [3.05, 3.63) is 78.5 Å². The van der Waals surface area contributed by atoms with Gasteiger partial charge in [-0.15, -0.1) is 0 Å². The largest absolute Gasteiger partial charge is 0.492 e. The van der Waals surface area contributed by atoms with Crippen molar-refractivity contribution >= 4 is 5.97 Å². The van der Waals surface area contributed by atoms with E-state index in [2.05, 4.69) is 29.0 Å². The lowest BCUT2D eigenvalue weighted by Crippen LogP contribution is -2.30. The van der Waals surface area contributed by atoms with Crippen LogP contribution in [-0.4, -0.2) is 35.0 Å². The summed E-state index contributed by atoms with van der Waals surface area (Å²) in [5, 5.41) is 9.48. The number of ether oxygens (including phenoxy) is 2. The van der Waals surface area contributed by atoms with Gasteiger partial charge in [0.05, 0.1) is 6.54 Å². The zero-order chi connectivity index (χ0) is 21.3. The van der Waals surface area contributed by atoms with Gasteiger partial charge in [-0.1, -0.05) is 49.4 Å². The molecule has 3 rings (SSSR count). The lowest BCUT2D eigenvalue weighted by Gasteiger charge is -2.23. The molecule has 0 saturated heterocycles. The van der Waals surface area contributed by atoms with Gasteiger partial charge in [-0.05, 0) is 48.7 Å². The van der Waals surface area contributed by atoms with E-state index in [-0.39, 0.29) is 5.92 Å². The summed E-state index contributed by atoms with van der Waals surface area (Å²) in [4.78, 5) is 11.6. The van der Waals surface area contributed by atoms with Crippen LogP contribution in [0.2, 0.25) is 0 Å². The smallest absolute Gasteiger partial charge is 0.333 e. The number of benzene rings is 2. The van der Waals surface area contributed by atoms with E-state index < -0.39 is 12.1 Å². The molecule has 5 heteroatoms. The van der Waals surface area contributed by atoms with E-state index in [4.69, 9.17) is 9.47 Å². The van der Waals surface area contributed by atoms with Crippen LogP contribution in [0.1, 0.15) is 31.7 Å². The van der Waals surface area contributed by atoms with Crippen molar-refractivity contribution in [3.63, 3.8) is 0 Å². The van der Waals surface area contributed by atoms with Crippen LogP contribution in [0, 0.1) is 0 Å². The summed E-state index contributed by atoms with van der Waals surface area (Å²) in [7, 11) is 0. The fraction of sp³-hybridized carbons (Fsp3) is 0.320. The van der Waals surface area contributed by atoms with Crippen LogP contribution < -0.4 is 4.74 Å².